The summed E-state index contributed by atoms with van der Waals surface area (Å²) in [6.45, 7) is 0. The summed E-state index contributed by atoms with van der Waals surface area (Å²) in [5.74, 6) is -4.03. The Bertz CT molecular complexity index is 790. The molecule has 8 nitrogen and oxygen atoms in total. The summed E-state index contributed by atoms with van der Waals surface area (Å²) >= 11 is 5.81. The van der Waals surface area contributed by atoms with Gasteiger partial charge in [0.05, 0.1) is 24.0 Å². The first-order valence-electron chi connectivity index (χ1n) is 6.79. The Morgan fingerprint density at radius 2 is 2.12 bits per heavy atom. The van der Waals surface area contributed by atoms with E-state index in [9.17, 15) is 29.7 Å². The first-order chi connectivity index (χ1) is 11.7. The number of carbonyl (C=O) groups excluding carboxylic acids is 3. The van der Waals surface area contributed by atoms with E-state index in [1.165, 1.54) is 31.4 Å². The van der Waals surface area contributed by atoms with Gasteiger partial charge in [0.2, 0.25) is 0 Å². The number of amides is 1. The van der Waals surface area contributed by atoms with Gasteiger partial charge in [0.15, 0.2) is 11.5 Å². The number of methoxy groups -OCH3 is 1. The highest BCUT2D eigenvalue weighted by molar-refractivity contribution is 8.26. The van der Waals surface area contributed by atoms with Crippen LogP contribution in [0.1, 0.15) is 12.0 Å². The van der Waals surface area contributed by atoms with Gasteiger partial charge in [-0.25, -0.2) is 0 Å². The minimum Gasteiger partial charge on any atom is -0.550 e. The largest absolute Gasteiger partial charge is 0.550 e. The third-order valence-electron chi connectivity index (χ3n) is 3.27. The number of carboxylic acid groups (broad SMARTS) is 2. The van der Waals surface area contributed by atoms with Crippen LogP contribution in [0.25, 0.3) is 6.08 Å². The Kier molecular flexibility index (Phi) is 5.65. The maximum absolute atomic E-state index is 12.4. The first-order valence-corrected chi connectivity index (χ1v) is 8.01. The lowest BCUT2D eigenvalue weighted by molar-refractivity contribution is -0.319. The Morgan fingerprint density at radius 1 is 1.44 bits per heavy atom. The standard InChI is InChI=1S/C15H13NO7S2/c1-23-10-4-7(2-3-9(10)17)5-11-13(20)16(15(24)25-11)8(14(21)22)6-12(18)19/h2-5,8,17H,6H2,1H3,(H,18,19)(H,21,22)/p-2/b11-5-/t8-/m1/s1. The van der Waals surface area contributed by atoms with E-state index in [1.807, 2.05) is 0 Å². The second-order valence-electron chi connectivity index (χ2n) is 4.89. The zero-order chi connectivity index (χ0) is 18.7. The number of thiocarbonyl (C=S) groups is 1. The smallest absolute Gasteiger partial charge is 0.266 e. The molecule has 132 valence electrons. The van der Waals surface area contributed by atoms with Crippen LogP contribution < -0.4 is 14.9 Å². The lowest BCUT2D eigenvalue weighted by atomic mass is 10.1. The summed E-state index contributed by atoms with van der Waals surface area (Å²) in [6, 6.07) is 2.60. The van der Waals surface area contributed by atoms with Gasteiger partial charge < -0.3 is 29.6 Å². The Balaban J connectivity index is 2.34. The predicted molar refractivity (Wildman–Crippen MR) is 88.1 cm³/mol. The molecule has 10 heteroatoms. The van der Waals surface area contributed by atoms with Crippen molar-refractivity contribution in [2.75, 3.05) is 7.11 Å². The highest BCUT2D eigenvalue weighted by Gasteiger charge is 2.37. The van der Waals surface area contributed by atoms with Gasteiger partial charge in [0, 0.05) is 12.4 Å². The van der Waals surface area contributed by atoms with Crippen molar-refractivity contribution in [3.8, 4) is 11.5 Å². The van der Waals surface area contributed by atoms with E-state index in [2.05, 4.69) is 0 Å². The van der Waals surface area contributed by atoms with Crippen molar-refractivity contribution >= 4 is 52.2 Å². The molecule has 1 N–H and O–H groups in total. The van der Waals surface area contributed by atoms with E-state index in [4.69, 9.17) is 17.0 Å². The molecule has 1 aromatic carbocycles. The fourth-order valence-corrected chi connectivity index (χ4v) is 3.48. The van der Waals surface area contributed by atoms with E-state index in [1.54, 1.807) is 0 Å². The molecule has 1 fully saturated rings. The molecule has 2 rings (SSSR count). The van der Waals surface area contributed by atoms with Crippen molar-refractivity contribution in [2.24, 2.45) is 0 Å². The van der Waals surface area contributed by atoms with Crippen LogP contribution in [-0.2, 0) is 14.4 Å². The molecule has 1 heterocycles. The molecule has 1 aliphatic rings. The molecule has 0 unspecified atom stereocenters. The Hall–Kier alpha value is -2.59. The third kappa shape index (κ3) is 4.09. The number of ether oxygens (including phenoxy) is 1. The highest BCUT2D eigenvalue weighted by atomic mass is 32.2. The lowest BCUT2D eigenvalue weighted by Gasteiger charge is -2.27. The molecule has 0 aromatic heterocycles. The molecule has 1 aliphatic heterocycles. The van der Waals surface area contributed by atoms with Crippen molar-refractivity contribution in [1.82, 2.24) is 4.90 Å². The minimum absolute atomic E-state index is 0.0850. The number of nitrogens with zero attached hydrogens (tertiary/aromatic N) is 1. The van der Waals surface area contributed by atoms with Crippen molar-refractivity contribution < 1.29 is 34.4 Å². The zero-order valence-corrected chi connectivity index (χ0v) is 14.4. The van der Waals surface area contributed by atoms with Crippen LogP contribution in [-0.4, -0.2) is 45.3 Å². The molecule has 0 radical (unpaired) electrons. The van der Waals surface area contributed by atoms with Crippen LogP contribution in [0.4, 0.5) is 0 Å². The van der Waals surface area contributed by atoms with Crippen LogP contribution in [0.3, 0.4) is 0 Å². The molecular weight excluding hydrogens is 370 g/mol. The third-order valence-corrected chi connectivity index (χ3v) is 4.60. The van der Waals surface area contributed by atoms with Crippen molar-refractivity contribution in [2.45, 2.75) is 12.5 Å². The van der Waals surface area contributed by atoms with Gasteiger partial charge >= 0.3 is 0 Å². The zero-order valence-electron chi connectivity index (χ0n) is 12.8. The Morgan fingerprint density at radius 3 is 2.68 bits per heavy atom. The van der Waals surface area contributed by atoms with Crippen LogP contribution >= 0.6 is 24.0 Å². The van der Waals surface area contributed by atoms with E-state index in [0.717, 1.165) is 11.8 Å². The van der Waals surface area contributed by atoms with Crippen molar-refractivity contribution in [3.05, 3.63) is 28.7 Å². The van der Waals surface area contributed by atoms with Gasteiger partial charge in [-0.15, -0.1) is 0 Å². The number of rotatable bonds is 6. The normalized spacial score (nSPS) is 17.0. The molecule has 1 aromatic rings. The van der Waals surface area contributed by atoms with Gasteiger partial charge in [-0.3, -0.25) is 9.69 Å². The first kappa shape index (κ1) is 18.7. The Labute approximate surface area is 151 Å². The van der Waals surface area contributed by atoms with Gasteiger partial charge in [-0.2, -0.15) is 0 Å². The van der Waals surface area contributed by atoms with Crippen molar-refractivity contribution in [3.63, 3.8) is 0 Å². The molecule has 0 bridgehead atoms. The number of benzene rings is 1. The van der Waals surface area contributed by atoms with Crippen LogP contribution in [0, 0.1) is 0 Å². The second kappa shape index (κ2) is 7.53. The summed E-state index contributed by atoms with van der Waals surface area (Å²) in [5.41, 5.74) is 0.500. The highest BCUT2D eigenvalue weighted by Crippen LogP contribution is 2.35. The fraction of sp³-hybridized carbons (Fsp3) is 0.200. The van der Waals surface area contributed by atoms with Gasteiger partial charge in [0.1, 0.15) is 4.32 Å². The number of aliphatic carboxylic acids is 2. The number of hydrogen-bond acceptors (Lipinski definition) is 9. The van der Waals surface area contributed by atoms with Crippen LogP contribution in [0.5, 0.6) is 11.5 Å². The summed E-state index contributed by atoms with van der Waals surface area (Å²) in [4.78, 5) is 35.1. The number of carbonyl (C=O) groups is 3. The minimum atomic E-state index is -1.75. The quantitative estimate of drug-likeness (QED) is 0.480. The van der Waals surface area contributed by atoms with Gasteiger partial charge in [-0.05, 0) is 23.8 Å². The molecule has 0 aliphatic carbocycles. The number of phenolic OH excluding ortho intramolecular Hbond substituents is 1. The number of carboxylic acids is 2. The summed E-state index contributed by atoms with van der Waals surface area (Å²) < 4.78 is 4.87. The second-order valence-corrected chi connectivity index (χ2v) is 6.57. The SMILES string of the molecule is COc1cc(/C=C2\SC(=S)N([C@H](CC(=O)[O-])C(=O)[O-])C2=O)ccc1O. The molecular formula is C15H11NO7S2-2. The molecule has 1 saturated heterocycles. The van der Waals surface area contributed by atoms with Crippen molar-refractivity contribution in [1.29, 1.82) is 0 Å². The van der Waals surface area contributed by atoms with E-state index >= 15 is 0 Å². The maximum Gasteiger partial charge on any atom is 0.266 e. The fourth-order valence-electron chi connectivity index (χ4n) is 2.12. The molecule has 25 heavy (non-hydrogen) atoms. The number of hydrogen-bond donors (Lipinski definition) is 1. The molecule has 0 saturated carbocycles. The number of aromatic hydroxyl groups is 1. The van der Waals surface area contributed by atoms with E-state index in [0.29, 0.717) is 10.5 Å². The lowest BCUT2D eigenvalue weighted by Crippen LogP contribution is -2.52. The van der Waals surface area contributed by atoms with E-state index in [-0.39, 0.29) is 20.7 Å². The summed E-state index contributed by atoms with van der Waals surface area (Å²) in [6.07, 6.45) is 0.488. The van der Waals surface area contributed by atoms with Gasteiger partial charge in [0.25, 0.3) is 5.91 Å². The summed E-state index contributed by atoms with van der Waals surface area (Å²) in [5, 5.41) is 31.5. The average molecular weight is 381 g/mol. The number of phenols is 1. The summed E-state index contributed by atoms with van der Waals surface area (Å²) in [7, 11) is 1.36. The average Bonchev–Trinajstić information content (AvgIpc) is 2.80. The molecule has 1 atom stereocenters. The topological polar surface area (TPSA) is 130 Å². The van der Waals surface area contributed by atoms with E-state index < -0.39 is 30.3 Å². The number of thioether (sulfide) groups is 1. The van der Waals surface area contributed by atoms with Crippen LogP contribution in [0.2, 0.25) is 0 Å². The monoisotopic (exact) mass is 381 g/mol. The molecule has 0 spiro atoms. The predicted octanol–water partition coefficient (Wildman–Crippen LogP) is -1.14. The molecule has 1 amide bonds. The van der Waals surface area contributed by atoms with Gasteiger partial charge in [-0.1, -0.05) is 30.0 Å². The maximum atomic E-state index is 12.4. The van der Waals surface area contributed by atoms with Crippen LogP contribution in [0.15, 0.2) is 23.1 Å².